The normalized spacial score (nSPS) is 0. The van der Waals surface area contributed by atoms with Gasteiger partial charge in [-0.1, -0.05) is 0 Å². The third-order valence-corrected chi connectivity index (χ3v) is 0. The first-order valence-corrected chi connectivity index (χ1v) is 0. The monoisotopic (exact) mass is 527 g/mol. The van der Waals surface area contributed by atoms with Crippen LogP contribution >= 0.6 is 0 Å². The van der Waals surface area contributed by atoms with Crippen molar-refractivity contribution < 1.29 is 118 Å². The molecule has 0 aliphatic rings. The molecule has 0 amide bonds. The largest absolute Gasteiger partial charge is 6.00 e. The minimum Gasteiger partial charge on any atom is -1.00 e. The van der Waals surface area contributed by atoms with Gasteiger partial charge in [-0.3, -0.25) is 0 Å². The van der Waals surface area contributed by atoms with Crippen LogP contribution in [0.25, 0.3) is 0 Å². The van der Waals surface area contributed by atoms with Crippen molar-refractivity contribution in [3.05, 3.63) is 0 Å². The zero-order chi connectivity index (χ0) is 0. The van der Waals surface area contributed by atoms with Crippen molar-refractivity contribution >= 4 is 0 Å². The van der Waals surface area contributed by atoms with Gasteiger partial charge in [-0.05, 0) is 0 Å². The van der Waals surface area contributed by atoms with E-state index in [9.17, 15) is 0 Å². The summed E-state index contributed by atoms with van der Waals surface area (Å²) in [5, 5.41) is 0. The molecule has 0 nitrogen and oxygen atoms in total. The van der Waals surface area contributed by atoms with Gasteiger partial charge in [-0.2, -0.15) is 0 Å². The van der Waals surface area contributed by atoms with Crippen LogP contribution in [0.4, 0.5) is 0 Å². The van der Waals surface area contributed by atoms with E-state index in [-0.39, 0.29) is 118 Å². The molecule has 0 radical (unpaired) electrons. The van der Waals surface area contributed by atoms with Gasteiger partial charge in [0.1, 0.15) is 0 Å². The second-order valence-corrected chi connectivity index (χ2v) is 0. The molecule has 0 aromatic heterocycles. The van der Waals surface area contributed by atoms with E-state index in [0.717, 1.165) is 0 Å². The summed E-state index contributed by atoms with van der Waals surface area (Å²) in [4.78, 5) is 0. The Kier molecular flexibility index (Phi) is 659. The quantitative estimate of drug-likeness (QED) is 0.273. The number of rotatable bonds is 0. The molecule has 0 atom stereocenters. The van der Waals surface area contributed by atoms with Crippen molar-refractivity contribution in [1.29, 1.82) is 0 Å². The zero-order valence-corrected chi connectivity index (χ0v) is 13.4. The van der Waals surface area contributed by atoms with Gasteiger partial charge in [0.15, 0.2) is 0 Å². The summed E-state index contributed by atoms with van der Waals surface area (Å²) in [5.41, 5.74) is 0. The third-order valence-electron chi connectivity index (χ3n) is 0. The molecule has 48 valence electrons. The molecular formula is Br5ClMo. The maximum absolute atomic E-state index is 0. The van der Waals surface area contributed by atoms with Crippen molar-refractivity contribution in [2.24, 2.45) is 0 Å². The number of halogens is 6. The van der Waals surface area contributed by atoms with Crippen LogP contribution in [0.2, 0.25) is 0 Å². The fourth-order valence-electron chi connectivity index (χ4n) is 0. The average Bonchev–Trinajstić information content (AvgIpc) is 0. The third kappa shape index (κ3) is 44.7. The van der Waals surface area contributed by atoms with E-state index in [0.29, 0.717) is 0 Å². The summed E-state index contributed by atoms with van der Waals surface area (Å²) in [6.07, 6.45) is 0. The summed E-state index contributed by atoms with van der Waals surface area (Å²) >= 11 is 0. The van der Waals surface area contributed by atoms with Crippen LogP contribution < -0.4 is 97.3 Å². The van der Waals surface area contributed by atoms with Gasteiger partial charge in [-0.25, -0.2) is 0 Å². The average molecular weight is 531 g/mol. The summed E-state index contributed by atoms with van der Waals surface area (Å²) in [6, 6.07) is 0. The van der Waals surface area contributed by atoms with Crippen molar-refractivity contribution in [3.8, 4) is 0 Å². The molecule has 0 aromatic carbocycles. The summed E-state index contributed by atoms with van der Waals surface area (Å²) < 4.78 is 0. The fraction of sp³-hybridized carbons (Fsp3) is 0. The van der Waals surface area contributed by atoms with Crippen LogP contribution in [0, 0.1) is 0 Å². The smallest absolute Gasteiger partial charge is 1.00 e. The molecule has 0 heterocycles. The molecule has 7 heteroatoms. The molecule has 0 N–H and O–H groups in total. The Morgan fingerprint density at radius 2 is 0.429 bits per heavy atom. The van der Waals surface area contributed by atoms with E-state index in [1.807, 2.05) is 0 Å². The minimum absolute atomic E-state index is 0. The standard InChI is InChI=1S/5BrH.ClH.Mo/h6*1H;/q;;;;;;+6/p-6. The van der Waals surface area contributed by atoms with Gasteiger partial charge in [0, 0.05) is 0 Å². The van der Waals surface area contributed by atoms with Crippen LogP contribution in [0.15, 0.2) is 0 Å². The fourth-order valence-corrected chi connectivity index (χ4v) is 0. The van der Waals surface area contributed by atoms with E-state index in [4.69, 9.17) is 0 Å². The maximum Gasteiger partial charge on any atom is 6.00 e. The molecule has 0 unspecified atom stereocenters. The maximum atomic E-state index is 0. The van der Waals surface area contributed by atoms with Crippen LogP contribution in [0.3, 0.4) is 0 Å². The predicted molar refractivity (Wildman–Crippen MR) is 0 cm³/mol. The van der Waals surface area contributed by atoms with Crippen molar-refractivity contribution in [2.45, 2.75) is 0 Å². The molecule has 0 rings (SSSR count). The molecule has 0 fully saturated rings. The Bertz CT molecular complexity index is 8.04. The summed E-state index contributed by atoms with van der Waals surface area (Å²) in [5.74, 6) is 0. The molecule has 0 saturated heterocycles. The van der Waals surface area contributed by atoms with E-state index < -0.39 is 0 Å². The van der Waals surface area contributed by atoms with E-state index in [1.54, 1.807) is 0 Å². The predicted octanol–water partition coefficient (Wildman–Crippen LogP) is -18.0. The molecular weight excluding hydrogens is 531 g/mol. The second kappa shape index (κ2) is 57.7. The van der Waals surface area contributed by atoms with E-state index in [1.165, 1.54) is 0 Å². The Hall–Kier alpha value is 3.38. The van der Waals surface area contributed by atoms with E-state index >= 15 is 0 Å². The minimum atomic E-state index is 0. The molecule has 0 aromatic rings. The molecule has 0 aliphatic carbocycles. The number of hydrogen-bond acceptors (Lipinski definition) is 0. The van der Waals surface area contributed by atoms with Crippen molar-refractivity contribution in [2.75, 3.05) is 0 Å². The van der Waals surface area contributed by atoms with Gasteiger partial charge in [0.05, 0.1) is 0 Å². The molecule has 0 spiro atoms. The Labute approximate surface area is 116 Å². The van der Waals surface area contributed by atoms with Gasteiger partial charge in [0.2, 0.25) is 0 Å². The Morgan fingerprint density at radius 3 is 0.429 bits per heavy atom. The van der Waals surface area contributed by atoms with Gasteiger partial charge >= 0.3 is 21.1 Å². The van der Waals surface area contributed by atoms with E-state index in [2.05, 4.69) is 0 Å². The molecule has 0 saturated carbocycles. The van der Waals surface area contributed by atoms with Crippen LogP contribution in [0.5, 0.6) is 0 Å². The van der Waals surface area contributed by atoms with Gasteiger partial charge in [0.25, 0.3) is 0 Å². The summed E-state index contributed by atoms with van der Waals surface area (Å²) in [7, 11) is 0. The van der Waals surface area contributed by atoms with Crippen LogP contribution in [0.1, 0.15) is 0 Å². The molecule has 7 heavy (non-hydrogen) atoms. The van der Waals surface area contributed by atoms with Crippen LogP contribution in [-0.2, 0) is 21.1 Å². The number of hydrogen-bond donors (Lipinski definition) is 0. The van der Waals surface area contributed by atoms with Gasteiger partial charge in [-0.15, -0.1) is 0 Å². The first-order valence-electron chi connectivity index (χ1n) is 0. The first-order chi connectivity index (χ1) is 0. The zero-order valence-electron chi connectivity index (χ0n) is 2.68. The first kappa shape index (κ1) is 80.0. The van der Waals surface area contributed by atoms with Crippen LogP contribution in [-0.4, -0.2) is 0 Å². The topological polar surface area (TPSA) is 0 Å². The Balaban J connectivity index is 0. The molecule has 0 bridgehead atoms. The second-order valence-electron chi connectivity index (χ2n) is 0. The summed E-state index contributed by atoms with van der Waals surface area (Å²) in [6.45, 7) is 0. The van der Waals surface area contributed by atoms with Gasteiger partial charge < -0.3 is 97.3 Å². The van der Waals surface area contributed by atoms with Crippen molar-refractivity contribution in [3.63, 3.8) is 0 Å². The SMILES string of the molecule is [Br-].[Br-].[Br-].[Br-].[Br-].[Cl-].[Mo+6]. The Morgan fingerprint density at radius 1 is 0.429 bits per heavy atom. The van der Waals surface area contributed by atoms with Crippen molar-refractivity contribution in [1.82, 2.24) is 0 Å². The molecule has 0 aliphatic heterocycles.